The Morgan fingerprint density at radius 3 is 2.24 bits per heavy atom. The molecule has 112 valence electrons. The van der Waals surface area contributed by atoms with Gasteiger partial charge in [0.25, 0.3) is 0 Å². The highest BCUT2D eigenvalue weighted by Crippen LogP contribution is 2.25. The number of para-hydroxylation sites is 2. The van der Waals surface area contributed by atoms with Crippen molar-refractivity contribution in [2.45, 2.75) is 39.7 Å². The van der Waals surface area contributed by atoms with Crippen molar-refractivity contribution in [3.8, 4) is 0 Å². The van der Waals surface area contributed by atoms with Crippen LogP contribution in [0.1, 0.15) is 44.2 Å². The standard InChI is InChI=1S/C19H26N2/c1-4-13-21(19-8-6-5-7-18(19)20)14-16-9-11-17(12-10-16)15(2)3/h5-12,15H,4,13-14,20H2,1-3H3. The maximum Gasteiger partial charge on any atom is 0.0602 e. The summed E-state index contributed by atoms with van der Waals surface area (Å²) in [5, 5.41) is 0. The van der Waals surface area contributed by atoms with Crippen LogP contribution in [0, 0.1) is 0 Å². The third-order valence-electron chi connectivity index (χ3n) is 3.79. The molecule has 0 aliphatic heterocycles. The monoisotopic (exact) mass is 282 g/mol. The predicted molar refractivity (Wildman–Crippen MR) is 92.7 cm³/mol. The summed E-state index contributed by atoms with van der Waals surface area (Å²) in [7, 11) is 0. The second-order valence-electron chi connectivity index (χ2n) is 5.88. The van der Waals surface area contributed by atoms with Crippen molar-refractivity contribution < 1.29 is 0 Å². The van der Waals surface area contributed by atoms with Crippen LogP contribution in [0.4, 0.5) is 11.4 Å². The van der Waals surface area contributed by atoms with E-state index < -0.39 is 0 Å². The minimum absolute atomic E-state index is 0.579. The van der Waals surface area contributed by atoms with E-state index in [9.17, 15) is 0 Å². The Morgan fingerprint density at radius 1 is 1.00 bits per heavy atom. The lowest BCUT2D eigenvalue weighted by Gasteiger charge is -2.26. The number of hydrogen-bond donors (Lipinski definition) is 1. The van der Waals surface area contributed by atoms with Gasteiger partial charge >= 0.3 is 0 Å². The van der Waals surface area contributed by atoms with E-state index in [0.717, 1.165) is 30.9 Å². The first kappa shape index (κ1) is 15.4. The third-order valence-corrected chi connectivity index (χ3v) is 3.79. The summed E-state index contributed by atoms with van der Waals surface area (Å²) < 4.78 is 0. The zero-order valence-corrected chi connectivity index (χ0v) is 13.3. The molecule has 0 bridgehead atoms. The molecule has 2 heteroatoms. The Hall–Kier alpha value is -1.96. The molecule has 0 heterocycles. The van der Waals surface area contributed by atoms with Gasteiger partial charge in [-0.1, -0.05) is 57.2 Å². The van der Waals surface area contributed by atoms with Gasteiger partial charge < -0.3 is 10.6 Å². The summed E-state index contributed by atoms with van der Waals surface area (Å²) in [6, 6.07) is 17.1. The molecule has 2 aromatic carbocycles. The molecule has 0 spiro atoms. The highest BCUT2D eigenvalue weighted by atomic mass is 15.1. The predicted octanol–water partition coefficient (Wildman–Crippen LogP) is 4.81. The van der Waals surface area contributed by atoms with Gasteiger partial charge in [0, 0.05) is 13.1 Å². The molecule has 2 N–H and O–H groups in total. The van der Waals surface area contributed by atoms with Gasteiger partial charge in [-0.3, -0.25) is 0 Å². The van der Waals surface area contributed by atoms with Crippen LogP contribution in [0.25, 0.3) is 0 Å². The SMILES string of the molecule is CCCN(Cc1ccc(C(C)C)cc1)c1ccccc1N. The number of nitrogens with two attached hydrogens (primary N) is 1. The van der Waals surface area contributed by atoms with Crippen LogP contribution in [-0.4, -0.2) is 6.54 Å². The minimum Gasteiger partial charge on any atom is -0.397 e. The maximum absolute atomic E-state index is 6.13. The fourth-order valence-corrected chi connectivity index (χ4v) is 2.56. The molecule has 0 amide bonds. The van der Waals surface area contributed by atoms with Crippen molar-refractivity contribution in [1.29, 1.82) is 0 Å². The quantitative estimate of drug-likeness (QED) is 0.770. The molecule has 2 nitrogen and oxygen atoms in total. The van der Waals surface area contributed by atoms with Crippen LogP contribution in [0.2, 0.25) is 0 Å². The van der Waals surface area contributed by atoms with Gasteiger partial charge in [0.2, 0.25) is 0 Å². The second kappa shape index (κ2) is 7.16. The molecular formula is C19H26N2. The van der Waals surface area contributed by atoms with E-state index in [1.165, 1.54) is 11.1 Å². The Labute approximate surface area is 128 Å². The summed E-state index contributed by atoms with van der Waals surface area (Å²) >= 11 is 0. The zero-order chi connectivity index (χ0) is 15.2. The Kier molecular flexibility index (Phi) is 5.26. The Balaban J connectivity index is 2.18. The van der Waals surface area contributed by atoms with Crippen LogP contribution in [0.15, 0.2) is 48.5 Å². The molecule has 21 heavy (non-hydrogen) atoms. The average molecular weight is 282 g/mol. The number of nitrogen functional groups attached to an aromatic ring is 1. The number of benzene rings is 2. The van der Waals surface area contributed by atoms with Crippen molar-refractivity contribution in [1.82, 2.24) is 0 Å². The van der Waals surface area contributed by atoms with Crippen molar-refractivity contribution in [3.63, 3.8) is 0 Å². The van der Waals surface area contributed by atoms with Gasteiger partial charge in [0.05, 0.1) is 11.4 Å². The first-order chi connectivity index (χ1) is 10.1. The van der Waals surface area contributed by atoms with E-state index in [0.29, 0.717) is 5.92 Å². The van der Waals surface area contributed by atoms with E-state index >= 15 is 0 Å². The number of nitrogens with zero attached hydrogens (tertiary/aromatic N) is 1. The van der Waals surface area contributed by atoms with Gasteiger partial charge in [-0.25, -0.2) is 0 Å². The molecule has 2 rings (SSSR count). The fourth-order valence-electron chi connectivity index (χ4n) is 2.56. The van der Waals surface area contributed by atoms with Crippen molar-refractivity contribution in [2.24, 2.45) is 0 Å². The second-order valence-corrected chi connectivity index (χ2v) is 5.88. The molecule has 0 aliphatic carbocycles. The first-order valence-electron chi connectivity index (χ1n) is 7.80. The lowest BCUT2D eigenvalue weighted by Crippen LogP contribution is -2.24. The lowest BCUT2D eigenvalue weighted by molar-refractivity contribution is 0.767. The lowest BCUT2D eigenvalue weighted by atomic mass is 10.0. The van der Waals surface area contributed by atoms with Crippen LogP contribution < -0.4 is 10.6 Å². The summed E-state index contributed by atoms with van der Waals surface area (Å²) in [4.78, 5) is 2.36. The number of anilines is 2. The molecule has 0 saturated carbocycles. The van der Waals surface area contributed by atoms with Gasteiger partial charge in [-0.2, -0.15) is 0 Å². The van der Waals surface area contributed by atoms with Crippen LogP contribution in [0.3, 0.4) is 0 Å². The van der Waals surface area contributed by atoms with E-state index in [4.69, 9.17) is 5.73 Å². The molecule has 0 fully saturated rings. The molecule has 2 aromatic rings. The summed E-state index contributed by atoms with van der Waals surface area (Å²) in [6.07, 6.45) is 1.11. The number of rotatable bonds is 6. The van der Waals surface area contributed by atoms with Crippen LogP contribution in [0.5, 0.6) is 0 Å². The molecule has 0 aliphatic rings. The van der Waals surface area contributed by atoms with Crippen LogP contribution >= 0.6 is 0 Å². The Bertz CT molecular complexity index is 558. The van der Waals surface area contributed by atoms with Gasteiger partial charge in [-0.15, -0.1) is 0 Å². The van der Waals surface area contributed by atoms with E-state index in [2.05, 4.69) is 62.1 Å². The van der Waals surface area contributed by atoms with E-state index in [1.54, 1.807) is 0 Å². The topological polar surface area (TPSA) is 29.3 Å². The van der Waals surface area contributed by atoms with Gasteiger partial charge in [-0.05, 0) is 35.6 Å². The van der Waals surface area contributed by atoms with Gasteiger partial charge in [0.1, 0.15) is 0 Å². The fraction of sp³-hybridized carbons (Fsp3) is 0.368. The largest absolute Gasteiger partial charge is 0.397 e. The highest BCUT2D eigenvalue weighted by Gasteiger charge is 2.09. The smallest absolute Gasteiger partial charge is 0.0602 e. The minimum atomic E-state index is 0.579. The maximum atomic E-state index is 6.13. The van der Waals surface area contributed by atoms with Gasteiger partial charge in [0.15, 0.2) is 0 Å². The van der Waals surface area contributed by atoms with Crippen molar-refractivity contribution in [3.05, 3.63) is 59.7 Å². The molecule has 0 saturated heterocycles. The van der Waals surface area contributed by atoms with Crippen molar-refractivity contribution >= 4 is 11.4 Å². The molecule has 0 unspecified atom stereocenters. The summed E-state index contributed by atoms with van der Waals surface area (Å²) in [5.41, 5.74) is 10.8. The highest BCUT2D eigenvalue weighted by molar-refractivity contribution is 5.67. The molecular weight excluding hydrogens is 256 g/mol. The normalized spacial score (nSPS) is 10.9. The van der Waals surface area contributed by atoms with Crippen LogP contribution in [-0.2, 0) is 6.54 Å². The molecule has 0 radical (unpaired) electrons. The summed E-state index contributed by atoms with van der Waals surface area (Å²) in [5.74, 6) is 0.579. The van der Waals surface area contributed by atoms with E-state index in [-0.39, 0.29) is 0 Å². The Morgan fingerprint density at radius 2 is 1.67 bits per heavy atom. The molecule has 0 atom stereocenters. The summed E-state index contributed by atoms with van der Waals surface area (Å²) in [6.45, 7) is 8.57. The first-order valence-corrected chi connectivity index (χ1v) is 7.80. The zero-order valence-electron chi connectivity index (χ0n) is 13.3. The third kappa shape index (κ3) is 4.01. The van der Waals surface area contributed by atoms with E-state index in [1.807, 2.05) is 12.1 Å². The number of hydrogen-bond acceptors (Lipinski definition) is 2. The van der Waals surface area contributed by atoms with Crippen molar-refractivity contribution in [2.75, 3.05) is 17.2 Å². The molecule has 0 aromatic heterocycles. The average Bonchev–Trinajstić information content (AvgIpc) is 2.48.